The lowest BCUT2D eigenvalue weighted by Gasteiger charge is -2.39. The van der Waals surface area contributed by atoms with Crippen LogP contribution in [0, 0.1) is 6.92 Å². The van der Waals surface area contributed by atoms with Crippen molar-refractivity contribution in [3.8, 4) is 0 Å². The topological polar surface area (TPSA) is 53.5 Å². The van der Waals surface area contributed by atoms with Crippen LogP contribution in [-0.2, 0) is 10.0 Å². The Morgan fingerprint density at radius 3 is 2.48 bits per heavy atom. The monoisotopic (exact) mass is 331 g/mol. The molecule has 0 spiro atoms. The minimum absolute atomic E-state index is 0.179. The molecule has 3 rings (SSSR count). The van der Waals surface area contributed by atoms with Crippen LogP contribution in [0.3, 0.4) is 0 Å². The van der Waals surface area contributed by atoms with Crippen LogP contribution in [0.2, 0.25) is 0 Å². The zero-order valence-electron chi connectivity index (χ0n) is 13.4. The summed E-state index contributed by atoms with van der Waals surface area (Å²) in [7, 11) is -1.53. The molecule has 1 aromatic heterocycles. The van der Waals surface area contributed by atoms with Crippen molar-refractivity contribution < 1.29 is 8.42 Å². The maximum atomic E-state index is 13.1. The van der Waals surface area contributed by atoms with E-state index in [0.717, 1.165) is 17.8 Å². The van der Waals surface area contributed by atoms with E-state index in [9.17, 15) is 8.42 Å². The van der Waals surface area contributed by atoms with Crippen LogP contribution in [0.1, 0.15) is 17.3 Å². The molecule has 1 aromatic carbocycles. The number of benzene rings is 1. The molecule has 1 saturated heterocycles. The van der Waals surface area contributed by atoms with Crippen LogP contribution in [0.15, 0.2) is 53.6 Å². The van der Waals surface area contributed by atoms with Gasteiger partial charge in [0.25, 0.3) is 0 Å². The number of hydrogen-bond donors (Lipinski definition) is 0. The first-order valence-corrected chi connectivity index (χ1v) is 9.10. The lowest BCUT2D eigenvalue weighted by Crippen LogP contribution is -2.49. The average Bonchev–Trinajstić information content (AvgIpc) is 2.56. The first-order valence-electron chi connectivity index (χ1n) is 7.66. The highest BCUT2D eigenvalue weighted by atomic mass is 32.2. The number of hydrogen-bond acceptors (Lipinski definition) is 4. The van der Waals surface area contributed by atoms with Gasteiger partial charge in [-0.15, -0.1) is 0 Å². The average molecular weight is 331 g/mol. The van der Waals surface area contributed by atoms with E-state index in [0.29, 0.717) is 13.1 Å². The molecule has 2 aromatic rings. The third-order valence-electron chi connectivity index (χ3n) is 4.21. The predicted octanol–water partition coefficient (Wildman–Crippen LogP) is 2.07. The van der Waals surface area contributed by atoms with Gasteiger partial charge in [-0.05, 0) is 31.7 Å². The Morgan fingerprint density at radius 2 is 1.83 bits per heavy atom. The molecule has 0 amide bonds. The molecule has 1 unspecified atom stereocenters. The second-order valence-corrected chi connectivity index (χ2v) is 7.83. The summed E-state index contributed by atoms with van der Waals surface area (Å²) >= 11 is 0. The molecule has 2 heterocycles. The molecule has 0 saturated carbocycles. The van der Waals surface area contributed by atoms with Gasteiger partial charge in [-0.2, -0.15) is 4.31 Å². The normalized spacial score (nSPS) is 20.5. The number of aryl methyl sites for hydroxylation is 1. The molecule has 122 valence electrons. The summed E-state index contributed by atoms with van der Waals surface area (Å²) in [5, 5.41) is 0. The maximum Gasteiger partial charge on any atom is 0.245 e. The first-order chi connectivity index (χ1) is 11.0. The molecule has 0 aliphatic carbocycles. The Bertz CT molecular complexity index is 760. The van der Waals surface area contributed by atoms with Crippen molar-refractivity contribution in [1.29, 1.82) is 0 Å². The van der Waals surface area contributed by atoms with Crippen molar-refractivity contribution in [3.05, 3.63) is 59.9 Å². The Hall–Kier alpha value is -1.76. The van der Waals surface area contributed by atoms with Crippen LogP contribution in [0.25, 0.3) is 0 Å². The van der Waals surface area contributed by atoms with E-state index < -0.39 is 10.0 Å². The molecule has 5 nitrogen and oxygen atoms in total. The Morgan fingerprint density at radius 1 is 1.09 bits per heavy atom. The van der Waals surface area contributed by atoms with Gasteiger partial charge >= 0.3 is 0 Å². The van der Waals surface area contributed by atoms with Gasteiger partial charge in [-0.25, -0.2) is 8.42 Å². The molecule has 0 radical (unpaired) electrons. The second kappa shape index (κ2) is 6.39. The van der Waals surface area contributed by atoms with E-state index in [1.165, 1.54) is 6.20 Å². The molecule has 0 N–H and O–H groups in total. The molecule has 23 heavy (non-hydrogen) atoms. The standard InChI is InChI=1S/C17H21N3O2S/c1-14-8-9-16(12-18-14)23(21,22)20-11-10-19(2)13-17(20)15-6-4-3-5-7-15/h3-9,12,17H,10-11,13H2,1-2H3. The lowest BCUT2D eigenvalue weighted by molar-refractivity contribution is 0.160. The fourth-order valence-corrected chi connectivity index (χ4v) is 4.42. The van der Waals surface area contributed by atoms with Gasteiger partial charge in [0, 0.05) is 31.5 Å². The molecule has 6 heteroatoms. The summed E-state index contributed by atoms with van der Waals surface area (Å²) in [6.07, 6.45) is 1.45. The van der Waals surface area contributed by atoms with Crippen LogP contribution in [0.5, 0.6) is 0 Å². The summed E-state index contributed by atoms with van der Waals surface area (Å²) in [6.45, 7) is 3.73. The van der Waals surface area contributed by atoms with Gasteiger partial charge < -0.3 is 4.90 Å². The molecular formula is C17H21N3O2S. The first kappa shape index (κ1) is 16.1. The zero-order valence-corrected chi connectivity index (χ0v) is 14.2. The Kier molecular flexibility index (Phi) is 4.48. The van der Waals surface area contributed by atoms with Crippen molar-refractivity contribution in [2.75, 3.05) is 26.7 Å². The number of pyridine rings is 1. The third-order valence-corrected chi connectivity index (χ3v) is 6.10. The van der Waals surface area contributed by atoms with Gasteiger partial charge in [0.2, 0.25) is 10.0 Å². The highest BCUT2D eigenvalue weighted by Gasteiger charge is 2.36. The van der Waals surface area contributed by atoms with Crippen LogP contribution in [0.4, 0.5) is 0 Å². The SMILES string of the molecule is Cc1ccc(S(=O)(=O)N2CCN(C)CC2c2ccccc2)cn1. The van der Waals surface area contributed by atoms with Crippen LogP contribution in [-0.4, -0.2) is 49.3 Å². The Balaban J connectivity index is 1.99. The number of piperazine rings is 1. The number of likely N-dealkylation sites (N-methyl/N-ethyl adjacent to an activating group) is 1. The van der Waals surface area contributed by atoms with Gasteiger partial charge in [-0.1, -0.05) is 30.3 Å². The van der Waals surface area contributed by atoms with Crippen molar-refractivity contribution in [3.63, 3.8) is 0 Å². The summed E-state index contributed by atoms with van der Waals surface area (Å²) in [4.78, 5) is 6.56. The molecule has 1 fully saturated rings. The number of nitrogens with zero attached hydrogens (tertiary/aromatic N) is 3. The van der Waals surface area contributed by atoms with Crippen molar-refractivity contribution in [2.45, 2.75) is 17.9 Å². The summed E-state index contributed by atoms with van der Waals surface area (Å²) < 4.78 is 27.7. The van der Waals surface area contributed by atoms with E-state index in [2.05, 4.69) is 9.88 Å². The van der Waals surface area contributed by atoms with Gasteiger partial charge in [0.15, 0.2) is 0 Å². The third kappa shape index (κ3) is 3.29. The van der Waals surface area contributed by atoms with Crippen LogP contribution < -0.4 is 0 Å². The highest BCUT2D eigenvalue weighted by molar-refractivity contribution is 7.89. The molecule has 1 aliphatic rings. The summed E-state index contributed by atoms with van der Waals surface area (Å²) in [5.41, 5.74) is 1.82. The van der Waals surface area contributed by atoms with Crippen molar-refractivity contribution in [1.82, 2.24) is 14.2 Å². The fraction of sp³-hybridized carbons (Fsp3) is 0.353. The van der Waals surface area contributed by atoms with E-state index in [-0.39, 0.29) is 10.9 Å². The van der Waals surface area contributed by atoms with E-state index in [1.54, 1.807) is 16.4 Å². The van der Waals surface area contributed by atoms with Crippen molar-refractivity contribution in [2.24, 2.45) is 0 Å². The minimum Gasteiger partial charge on any atom is -0.303 e. The summed E-state index contributed by atoms with van der Waals surface area (Å²) in [6, 6.07) is 13.0. The highest BCUT2D eigenvalue weighted by Crippen LogP contribution is 2.30. The molecule has 0 bridgehead atoms. The molecule has 1 atom stereocenters. The van der Waals surface area contributed by atoms with E-state index in [4.69, 9.17) is 0 Å². The van der Waals surface area contributed by atoms with Gasteiger partial charge in [-0.3, -0.25) is 4.98 Å². The predicted molar refractivity (Wildman–Crippen MR) is 89.5 cm³/mol. The molecular weight excluding hydrogens is 310 g/mol. The number of aromatic nitrogens is 1. The van der Waals surface area contributed by atoms with Crippen molar-refractivity contribution >= 4 is 10.0 Å². The van der Waals surface area contributed by atoms with E-state index in [1.807, 2.05) is 44.3 Å². The lowest BCUT2D eigenvalue weighted by atomic mass is 10.1. The summed E-state index contributed by atoms with van der Waals surface area (Å²) in [5.74, 6) is 0. The zero-order chi connectivity index (χ0) is 16.4. The maximum absolute atomic E-state index is 13.1. The number of rotatable bonds is 3. The van der Waals surface area contributed by atoms with Crippen LogP contribution >= 0.6 is 0 Å². The van der Waals surface area contributed by atoms with Gasteiger partial charge in [0.05, 0.1) is 6.04 Å². The smallest absolute Gasteiger partial charge is 0.245 e. The largest absolute Gasteiger partial charge is 0.303 e. The quantitative estimate of drug-likeness (QED) is 0.864. The second-order valence-electron chi connectivity index (χ2n) is 5.94. The minimum atomic E-state index is -3.56. The number of sulfonamides is 1. The van der Waals surface area contributed by atoms with Gasteiger partial charge in [0.1, 0.15) is 4.90 Å². The van der Waals surface area contributed by atoms with E-state index >= 15 is 0 Å². The Labute approximate surface area is 137 Å². The fourth-order valence-electron chi connectivity index (χ4n) is 2.88. The molecule has 1 aliphatic heterocycles.